The molecule has 2 aromatic rings. The molecule has 0 spiro atoms. The van der Waals surface area contributed by atoms with Crippen LogP contribution in [0.1, 0.15) is 36.8 Å². The summed E-state index contributed by atoms with van der Waals surface area (Å²) >= 11 is 1.76. The molecule has 8 nitrogen and oxygen atoms in total. The van der Waals surface area contributed by atoms with Gasteiger partial charge in [0.1, 0.15) is 12.4 Å². The normalized spacial score (nSPS) is 16.6. The van der Waals surface area contributed by atoms with Gasteiger partial charge < -0.3 is 20.1 Å². The van der Waals surface area contributed by atoms with Crippen LogP contribution >= 0.6 is 35.3 Å². The van der Waals surface area contributed by atoms with Crippen LogP contribution < -0.4 is 10.6 Å². The number of amides is 1. The summed E-state index contributed by atoms with van der Waals surface area (Å²) in [6.45, 7) is 8.58. The first-order chi connectivity index (χ1) is 13.9. The van der Waals surface area contributed by atoms with E-state index in [0.717, 1.165) is 43.5 Å². The zero-order chi connectivity index (χ0) is 20.8. The molecule has 166 valence electrons. The molecule has 2 aromatic heterocycles. The maximum absolute atomic E-state index is 12.3. The van der Waals surface area contributed by atoms with Crippen LogP contribution in [0.25, 0.3) is 0 Å². The van der Waals surface area contributed by atoms with E-state index in [1.807, 2.05) is 37.3 Å². The first-order valence-corrected chi connectivity index (χ1v) is 11.0. The van der Waals surface area contributed by atoms with Crippen LogP contribution in [0.3, 0.4) is 0 Å². The molecule has 2 N–H and O–H groups in total. The Morgan fingerprint density at radius 1 is 1.40 bits per heavy atom. The zero-order valence-electron chi connectivity index (χ0n) is 18.1. The summed E-state index contributed by atoms with van der Waals surface area (Å²) in [4.78, 5) is 20.3. The van der Waals surface area contributed by atoms with E-state index in [2.05, 4.69) is 38.3 Å². The topological polar surface area (TPSA) is 87.4 Å². The summed E-state index contributed by atoms with van der Waals surface area (Å²) in [5.74, 6) is 2.70. The summed E-state index contributed by atoms with van der Waals surface area (Å²) in [6, 6.07) is 4.42. The van der Waals surface area contributed by atoms with E-state index in [9.17, 15) is 4.79 Å². The Balaban J connectivity index is 0.00000320. The maximum atomic E-state index is 12.3. The van der Waals surface area contributed by atoms with Crippen LogP contribution in [0.15, 0.2) is 22.5 Å². The third kappa shape index (κ3) is 6.66. The average Bonchev–Trinajstić information content (AvgIpc) is 3.43. The van der Waals surface area contributed by atoms with Gasteiger partial charge >= 0.3 is 0 Å². The average molecular weight is 545 g/mol. The number of rotatable bonds is 7. The Morgan fingerprint density at radius 2 is 2.20 bits per heavy atom. The molecule has 0 aromatic carbocycles. The monoisotopic (exact) mass is 545 g/mol. The highest BCUT2D eigenvalue weighted by molar-refractivity contribution is 14.0. The molecule has 1 amide bonds. The predicted octanol–water partition coefficient (Wildman–Crippen LogP) is 2.34. The van der Waals surface area contributed by atoms with Crippen LogP contribution in [0.5, 0.6) is 0 Å². The molecule has 0 saturated carbocycles. The van der Waals surface area contributed by atoms with Crippen molar-refractivity contribution in [1.82, 2.24) is 30.3 Å². The van der Waals surface area contributed by atoms with Crippen molar-refractivity contribution in [2.75, 3.05) is 19.6 Å². The molecule has 1 aliphatic rings. The van der Waals surface area contributed by atoms with Gasteiger partial charge in [-0.1, -0.05) is 19.9 Å². The van der Waals surface area contributed by atoms with Gasteiger partial charge in [0.2, 0.25) is 5.91 Å². The van der Waals surface area contributed by atoms with Gasteiger partial charge in [0.15, 0.2) is 11.8 Å². The number of hydrogen-bond donors (Lipinski definition) is 2. The minimum Gasteiger partial charge on any atom is -0.356 e. The van der Waals surface area contributed by atoms with E-state index in [1.54, 1.807) is 11.3 Å². The fourth-order valence-electron chi connectivity index (χ4n) is 3.29. The molecule has 3 heterocycles. The molecule has 0 aliphatic carbocycles. The van der Waals surface area contributed by atoms with Crippen molar-refractivity contribution in [1.29, 1.82) is 0 Å². The molecular formula is C20H32IN7OS. The van der Waals surface area contributed by atoms with E-state index >= 15 is 0 Å². The molecular weight excluding hydrogens is 513 g/mol. The van der Waals surface area contributed by atoms with Gasteiger partial charge in [-0.2, -0.15) is 0 Å². The van der Waals surface area contributed by atoms with Crippen molar-refractivity contribution < 1.29 is 4.79 Å². The Labute approximate surface area is 199 Å². The molecule has 3 rings (SSSR count). The van der Waals surface area contributed by atoms with Gasteiger partial charge in [0, 0.05) is 43.5 Å². The van der Waals surface area contributed by atoms with E-state index in [4.69, 9.17) is 4.99 Å². The van der Waals surface area contributed by atoms with Crippen molar-refractivity contribution >= 4 is 47.2 Å². The van der Waals surface area contributed by atoms with Crippen LogP contribution in [-0.2, 0) is 24.8 Å². The Hall–Kier alpha value is -1.69. The molecule has 0 radical (unpaired) electrons. The fraction of sp³-hybridized carbons (Fsp3) is 0.600. The van der Waals surface area contributed by atoms with Crippen molar-refractivity contribution in [3.05, 3.63) is 34.0 Å². The van der Waals surface area contributed by atoms with Crippen LogP contribution in [-0.4, -0.2) is 57.2 Å². The molecule has 1 unspecified atom stereocenters. The van der Waals surface area contributed by atoms with E-state index in [1.165, 1.54) is 4.88 Å². The molecule has 1 atom stereocenters. The summed E-state index contributed by atoms with van der Waals surface area (Å²) in [7, 11) is 1.95. The number of likely N-dealkylation sites (tertiary alicyclic amines) is 1. The number of nitrogens with one attached hydrogen (secondary N) is 2. The third-order valence-electron chi connectivity index (χ3n) is 5.14. The smallest absolute Gasteiger partial charge is 0.225 e. The van der Waals surface area contributed by atoms with Crippen molar-refractivity contribution in [3.8, 4) is 0 Å². The lowest BCUT2D eigenvalue weighted by molar-refractivity contribution is -0.133. The number of aryl methyl sites for hydroxylation is 1. The second-order valence-corrected chi connectivity index (χ2v) is 8.74. The number of aliphatic imine (C=N–C) groups is 1. The first-order valence-electron chi connectivity index (χ1n) is 10.1. The summed E-state index contributed by atoms with van der Waals surface area (Å²) < 4.78 is 1.95. The molecule has 0 bridgehead atoms. The SMILES string of the molecule is Cc1nnc(CN=C(NCCc2cccs2)NC2CCN(C(=O)C(C)C)C2)n1C.I. The van der Waals surface area contributed by atoms with Crippen molar-refractivity contribution in [2.45, 2.75) is 46.2 Å². The largest absolute Gasteiger partial charge is 0.356 e. The second kappa shape index (κ2) is 11.6. The minimum atomic E-state index is 0. The lowest BCUT2D eigenvalue weighted by Gasteiger charge is -2.20. The van der Waals surface area contributed by atoms with E-state index in [0.29, 0.717) is 13.1 Å². The fourth-order valence-corrected chi connectivity index (χ4v) is 4.00. The molecule has 1 fully saturated rings. The van der Waals surface area contributed by atoms with Gasteiger partial charge in [-0.25, -0.2) is 4.99 Å². The lowest BCUT2D eigenvalue weighted by atomic mass is 10.2. The second-order valence-electron chi connectivity index (χ2n) is 7.71. The molecule has 1 aliphatic heterocycles. The van der Waals surface area contributed by atoms with E-state index in [-0.39, 0.29) is 41.8 Å². The number of aromatic nitrogens is 3. The van der Waals surface area contributed by atoms with Crippen LogP contribution in [0.4, 0.5) is 0 Å². The number of thiophene rings is 1. The number of hydrogen-bond acceptors (Lipinski definition) is 5. The standard InChI is InChI=1S/C20H31N7OS.HI/c1-14(2)19(28)27-10-8-16(13-27)23-20(21-9-7-17-6-5-11-29-17)22-12-18-25-24-15(3)26(18)4;/h5-6,11,14,16H,7-10,12-13H2,1-4H3,(H2,21,22,23);1H. The van der Waals surface area contributed by atoms with Gasteiger partial charge in [-0.05, 0) is 31.2 Å². The minimum absolute atomic E-state index is 0. The predicted molar refractivity (Wildman–Crippen MR) is 131 cm³/mol. The Morgan fingerprint density at radius 3 is 2.83 bits per heavy atom. The number of halogens is 1. The van der Waals surface area contributed by atoms with Crippen LogP contribution in [0.2, 0.25) is 0 Å². The summed E-state index contributed by atoms with van der Waals surface area (Å²) in [5, 5.41) is 17.3. The van der Waals surface area contributed by atoms with Gasteiger partial charge in [0.05, 0.1) is 0 Å². The van der Waals surface area contributed by atoms with Gasteiger partial charge in [-0.15, -0.1) is 45.5 Å². The lowest BCUT2D eigenvalue weighted by Crippen LogP contribution is -2.46. The number of carbonyl (C=O) groups excluding carboxylic acids is 1. The first kappa shape index (κ1) is 24.6. The highest BCUT2D eigenvalue weighted by atomic mass is 127. The molecule has 30 heavy (non-hydrogen) atoms. The number of guanidine groups is 1. The summed E-state index contributed by atoms with van der Waals surface area (Å²) in [5.41, 5.74) is 0. The highest BCUT2D eigenvalue weighted by Crippen LogP contribution is 2.13. The molecule has 1 saturated heterocycles. The molecule has 10 heteroatoms. The van der Waals surface area contributed by atoms with Crippen LogP contribution in [0, 0.1) is 12.8 Å². The zero-order valence-corrected chi connectivity index (χ0v) is 21.2. The van der Waals surface area contributed by atoms with Gasteiger partial charge in [-0.3, -0.25) is 4.79 Å². The Kier molecular flexibility index (Phi) is 9.53. The quantitative estimate of drug-likeness (QED) is 0.317. The third-order valence-corrected chi connectivity index (χ3v) is 6.08. The summed E-state index contributed by atoms with van der Waals surface area (Å²) in [6.07, 6.45) is 1.87. The number of nitrogens with zero attached hydrogens (tertiary/aromatic N) is 5. The Bertz CT molecular complexity index is 834. The van der Waals surface area contributed by atoms with Gasteiger partial charge in [0.25, 0.3) is 0 Å². The van der Waals surface area contributed by atoms with E-state index < -0.39 is 0 Å². The highest BCUT2D eigenvalue weighted by Gasteiger charge is 2.28. The van der Waals surface area contributed by atoms with Crippen molar-refractivity contribution in [2.24, 2.45) is 18.0 Å². The maximum Gasteiger partial charge on any atom is 0.225 e. The number of carbonyl (C=O) groups is 1. The van der Waals surface area contributed by atoms with Crippen molar-refractivity contribution in [3.63, 3.8) is 0 Å².